The van der Waals surface area contributed by atoms with Gasteiger partial charge >= 0.3 is 6.09 Å². The predicted molar refractivity (Wildman–Crippen MR) is 49.2 cm³/mol. The summed E-state index contributed by atoms with van der Waals surface area (Å²) >= 11 is 0. The number of carbonyl (C=O) groups excluding carboxylic acids is 1. The lowest BCUT2D eigenvalue weighted by atomic mass is 9.94. The van der Waals surface area contributed by atoms with Crippen LogP contribution in [0.1, 0.15) is 32.1 Å². The van der Waals surface area contributed by atoms with E-state index < -0.39 is 0 Å². The fourth-order valence-electron chi connectivity index (χ4n) is 2.14. The van der Waals surface area contributed by atoms with Crippen LogP contribution in [0.4, 0.5) is 4.79 Å². The van der Waals surface area contributed by atoms with E-state index in [-0.39, 0.29) is 6.09 Å². The van der Waals surface area contributed by atoms with Gasteiger partial charge in [-0.05, 0) is 12.8 Å². The third-order valence-corrected chi connectivity index (χ3v) is 2.83. The van der Waals surface area contributed by atoms with Crippen LogP contribution in [0.5, 0.6) is 0 Å². The molecule has 1 amide bonds. The Hall–Kier alpha value is -0.990. The number of nitrogens with zero attached hydrogens (tertiary/aromatic N) is 1. The van der Waals surface area contributed by atoms with Crippen molar-refractivity contribution in [3.8, 4) is 0 Å². The summed E-state index contributed by atoms with van der Waals surface area (Å²) in [5.74, 6) is 0.593. The van der Waals surface area contributed by atoms with Crippen LogP contribution >= 0.6 is 0 Å². The summed E-state index contributed by atoms with van der Waals surface area (Å²) in [6, 6.07) is 0.403. The van der Waals surface area contributed by atoms with E-state index in [2.05, 4.69) is 6.58 Å². The van der Waals surface area contributed by atoms with Crippen molar-refractivity contribution in [3.63, 3.8) is 0 Å². The van der Waals surface area contributed by atoms with Gasteiger partial charge in [0, 0.05) is 6.04 Å². The van der Waals surface area contributed by atoms with E-state index in [0.29, 0.717) is 18.3 Å². The zero-order chi connectivity index (χ0) is 9.26. The predicted octanol–water partition coefficient (Wildman–Crippen LogP) is 2.29. The van der Waals surface area contributed by atoms with Crippen molar-refractivity contribution in [2.24, 2.45) is 0 Å². The average molecular weight is 181 g/mol. The Morgan fingerprint density at radius 1 is 1.31 bits per heavy atom. The normalized spacial score (nSPS) is 25.1. The molecule has 3 nitrogen and oxygen atoms in total. The molecular formula is C10H15NO2. The van der Waals surface area contributed by atoms with Crippen LogP contribution in [-0.4, -0.2) is 23.6 Å². The monoisotopic (exact) mass is 181 g/mol. The van der Waals surface area contributed by atoms with E-state index in [1.807, 2.05) is 4.90 Å². The van der Waals surface area contributed by atoms with Gasteiger partial charge in [0.05, 0.1) is 6.54 Å². The Morgan fingerprint density at radius 3 is 2.54 bits per heavy atom. The maximum atomic E-state index is 11.3. The molecule has 72 valence electrons. The molecule has 2 rings (SSSR count). The van der Waals surface area contributed by atoms with Crippen LogP contribution in [0.3, 0.4) is 0 Å². The molecule has 1 saturated carbocycles. The topological polar surface area (TPSA) is 29.5 Å². The molecule has 0 aromatic carbocycles. The van der Waals surface area contributed by atoms with Crippen molar-refractivity contribution in [2.45, 2.75) is 38.1 Å². The molecule has 0 bridgehead atoms. The molecule has 1 aliphatic carbocycles. The second-order valence-electron chi connectivity index (χ2n) is 3.83. The van der Waals surface area contributed by atoms with Crippen LogP contribution in [0.25, 0.3) is 0 Å². The van der Waals surface area contributed by atoms with Crippen LogP contribution in [0, 0.1) is 0 Å². The molecule has 1 aliphatic heterocycles. The molecule has 2 fully saturated rings. The lowest BCUT2D eigenvalue weighted by Crippen LogP contribution is -2.37. The van der Waals surface area contributed by atoms with Gasteiger partial charge in [-0.25, -0.2) is 4.79 Å². The minimum absolute atomic E-state index is 0.197. The zero-order valence-corrected chi connectivity index (χ0v) is 7.79. The van der Waals surface area contributed by atoms with Gasteiger partial charge in [-0.3, -0.25) is 4.90 Å². The molecule has 0 unspecified atom stereocenters. The molecule has 1 saturated heterocycles. The summed E-state index contributed by atoms with van der Waals surface area (Å²) in [6.45, 7) is 4.27. The Morgan fingerprint density at radius 2 is 2.00 bits per heavy atom. The summed E-state index contributed by atoms with van der Waals surface area (Å²) in [6.07, 6.45) is 5.84. The highest BCUT2D eigenvalue weighted by atomic mass is 16.6. The first-order valence-corrected chi connectivity index (χ1v) is 4.93. The fourth-order valence-corrected chi connectivity index (χ4v) is 2.14. The summed E-state index contributed by atoms with van der Waals surface area (Å²) < 4.78 is 4.92. The Bertz CT molecular complexity index is 231. The van der Waals surface area contributed by atoms with Gasteiger partial charge in [0.25, 0.3) is 0 Å². The summed E-state index contributed by atoms with van der Waals surface area (Å²) in [4.78, 5) is 13.1. The maximum Gasteiger partial charge on any atom is 0.415 e. The van der Waals surface area contributed by atoms with Gasteiger partial charge < -0.3 is 4.74 Å². The largest absolute Gasteiger partial charge is 0.415 e. The number of carbonyl (C=O) groups is 1. The molecule has 0 aromatic rings. The van der Waals surface area contributed by atoms with Crippen molar-refractivity contribution in [3.05, 3.63) is 12.3 Å². The molecule has 0 atom stereocenters. The molecule has 13 heavy (non-hydrogen) atoms. The van der Waals surface area contributed by atoms with E-state index in [1.54, 1.807) is 0 Å². The quantitative estimate of drug-likeness (QED) is 0.621. The third-order valence-electron chi connectivity index (χ3n) is 2.83. The highest BCUT2D eigenvalue weighted by molar-refractivity contribution is 5.72. The third kappa shape index (κ3) is 1.69. The Kier molecular flexibility index (Phi) is 2.25. The summed E-state index contributed by atoms with van der Waals surface area (Å²) in [5, 5.41) is 0. The number of cyclic esters (lactones) is 1. The molecule has 3 heteroatoms. The number of rotatable bonds is 1. The number of hydrogen-bond acceptors (Lipinski definition) is 2. The van der Waals surface area contributed by atoms with E-state index in [4.69, 9.17) is 4.74 Å². The molecule has 0 radical (unpaired) electrons. The standard InChI is InChI=1S/C10H15NO2/c1-8-7-11(10(12)13-8)9-5-3-2-4-6-9/h9H,1-7H2. The van der Waals surface area contributed by atoms with Gasteiger partial charge in [-0.1, -0.05) is 25.8 Å². The lowest BCUT2D eigenvalue weighted by Gasteiger charge is -2.28. The lowest BCUT2D eigenvalue weighted by molar-refractivity contribution is 0.144. The minimum Gasteiger partial charge on any atom is -0.413 e. The second-order valence-corrected chi connectivity index (χ2v) is 3.83. The molecule has 0 spiro atoms. The van der Waals surface area contributed by atoms with Gasteiger partial charge in [-0.15, -0.1) is 0 Å². The maximum absolute atomic E-state index is 11.3. The second kappa shape index (κ2) is 3.40. The summed E-state index contributed by atoms with van der Waals surface area (Å²) in [5.41, 5.74) is 0. The SMILES string of the molecule is C=C1CN(C2CCCCC2)C(=O)O1. The number of hydrogen-bond donors (Lipinski definition) is 0. The van der Waals surface area contributed by atoms with Crippen LogP contribution in [0.15, 0.2) is 12.3 Å². The first-order valence-electron chi connectivity index (χ1n) is 4.93. The van der Waals surface area contributed by atoms with Crippen LogP contribution in [-0.2, 0) is 4.74 Å². The molecule has 2 aliphatic rings. The van der Waals surface area contributed by atoms with Crippen molar-refractivity contribution < 1.29 is 9.53 Å². The zero-order valence-electron chi connectivity index (χ0n) is 7.79. The fraction of sp³-hybridized carbons (Fsp3) is 0.700. The smallest absolute Gasteiger partial charge is 0.413 e. The van der Waals surface area contributed by atoms with Crippen molar-refractivity contribution in [1.29, 1.82) is 0 Å². The van der Waals surface area contributed by atoms with Crippen LogP contribution in [0.2, 0.25) is 0 Å². The van der Waals surface area contributed by atoms with E-state index in [0.717, 1.165) is 12.8 Å². The van der Waals surface area contributed by atoms with Crippen molar-refractivity contribution >= 4 is 6.09 Å². The highest BCUT2D eigenvalue weighted by Crippen LogP contribution is 2.26. The molecule has 0 aromatic heterocycles. The first kappa shape index (κ1) is 8.60. The van der Waals surface area contributed by atoms with Crippen LogP contribution < -0.4 is 0 Å². The minimum atomic E-state index is -0.197. The number of ether oxygens (including phenoxy) is 1. The molecule has 1 heterocycles. The highest BCUT2D eigenvalue weighted by Gasteiger charge is 2.32. The Balaban J connectivity index is 1.99. The molecular weight excluding hydrogens is 166 g/mol. The van der Waals surface area contributed by atoms with Gasteiger partial charge in [-0.2, -0.15) is 0 Å². The van der Waals surface area contributed by atoms with E-state index in [9.17, 15) is 4.79 Å². The van der Waals surface area contributed by atoms with E-state index in [1.165, 1.54) is 19.3 Å². The number of amides is 1. The van der Waals surface area contributed by atoms with Gasteiger partial charge in [0.15, 0.2) is 0 Å². The molecule has 0 N–H and O–H groups in total. The average Bonchev–Trinajstić information content (AvgIpc) is 2.47. The van der Waals surface area contributed by atoms with E-state index >= 15 is 0 Å². The van der Waals surface area contributed by atoms with Gasteiger partial charge in [0.1, 0.15) is 5.76 Å². The van der Waals surface area contributed by atoms with Crippen molar-refractivity contribution in [1.82, 2.24) is 4.90 Å². The van der Waals surface area contributed by atoms with Crippen molar-refractivity contribution in [2.75, 3.05) is 6.54 Å². The Labute approximate surface area is 78.4 Å². The summed E-state index contributed by atoms with van der Waals surface area (Å²) in [7, 11) is 0. The first-order chi connectivity index (χ1) is 6.27. The van der Waals surface area contributed by atoms with Gasteiger partial charge in [0.2, 0.25) is 0 Å².